The van der Waals surface area contributed by atoms with Gasteiger partial charge in [-0.05, 0) is 24.8 Å². The van der Waals surface area contributed by atoms with Gasteiger partial charge in [-0.2, -0.15) is 0 Å². The number of non-ortho nitro benzene ring substituents is 1. The average molecular weight is 519 g/mol. The molecule has 1 fully saturated rings. The van der Waals surface area contributed by atoms with Crippen molar-refractivity contribution in [2.45, 2.75) is 32.2 Å². The number of ether oxygens (including phenoxy) is 1. The maximum atomic E-state index is 11.6. The zero-order valence-electron chi connectivity index (χ0n) is 16.8. The highest BCUT2D eigenvalue weighted by Gasteiger charge is 2.18. The van der Waals surface area contributed by atoms with Crippen LogP contribution in [0.2, 0.25) is 0 Å². The summed E-state index contributed by atoms with van der Waals surface area (Å²) in [7, 11) is 1.67. The Morgan fingerprint density at radius 1 is 1.24 bits per heavy atom. The fourth-order valence-corrected chi connectivity index (χ4v) is 2.91. The Kier molecular flexibility index (Phi) is 12.2. The first-order valence-corrected chi connectivity index (χ1v) is 9.62. The number of aliphatic imine (C=N–C) groups is 1. The molecular weight excluding hydrogens is 489 g/mol. The van der Waals surface area contributed by atoms with E-state index in [0.29, 0.717) is 32.1 Å². The molecule has 0 aliphatic carbocycles. The minimum atomic E-state index is -0.414. The summed E-state index contributed by atoms with van der Waals surface area (Å²) in [5, 5.41) is 17.3. The molecule has 0 saturated carbocycles. The van der Waals surface area contributed by atoms with Crippen LogP contribution in [0.1, 0.15) is 31.2 Å². The fraction of sp³-hybridized carbons (Fsp3) is 0.579. The topological polar surface area (TPSA) is 109 Å². The van der Waals surface area contributed by atoms with E-state index in [-0.39, 0.29) is 35.6 Å². The third-order valence-corrected chi connectivity index (χ3v) is 4.45. The van der Waals surface area contributed by atoms with Crippen molar-refractivity contribution in [2.24, 2.45) is 4.99 Å². The van der Waals surface area contributed by atoms with E-state index in [1.165, 1.54) is 12.1 Å². The van der Waals surface area contributed by atoms with E-state index in [1.807, 2.05) is 4.90 Å². The molecule has 1 amide bonds. The number of halogens is 1. The number of rotatable bonds is 11. The highest BCUT2D eigenvalue weighted by molar-refractivity contribution is 14.0. The van der Waals surface area contributed by atoms with Crippen LogP contribution in [0.5, 0.6) is 0 Å². The Morgan fingerprint density at radius 3 is 2.52 bits per heavy atom. The van der Waals surface area contributed by atoms with Crippen molar-refractivity contribution in [3.63, 3.8) is 0 Å². The van der Waals surface area contributed by atoms with E-state index < -0.39 is 4.92 Å². The van der Waals surface area contributed by atoms with E-state index in [2.05, 4.69) is 15.6 Å². The molecule has 0 atom stereocenters. The molecule has 1 aromatic carbocycles. The van der Waals surface area contributed by atoms with Crippen molar-refractivity contribution in [2.75, 3.05) is 39.9 Å². The van der Waals surface area contributed by atoms with Gasteiger partial charge in [-0.3, -0.25) is 14.9 Å². The van der Waals surface area contributed by atoms with Gasteiger partial charge in [0.1, 0.15) is 0 Å². The lowest BCUT2D eigenvalue weighted by molar-refractivity contribution is -0.384. The highest BCUT2D eigenvalue weighted by Crippen LogP contribution is 2.12. The zero-order chi connectivity index (χ0) is 20.2. The van der Waals surface area contributed by atoms with Crippen molar-refractivity contribution < 1.29 is 14.5 Å². The average Bonchev–Trinajstić information content (AvgIpc) is 3.11. The molecule has 0 bridgehead atoms. The van der Waals surface area contributed by atoms with E-state index in [9.17, 15) is 14.9 Å². The zero-order valence-corrected chi connectivity index (χ0v) is 19.1. The molecule has 162 valence electrons. The van der Waals surface area contributed by atoms with Gasteiger partial charge in [0.15, 0.2) is 5.96 Å². The summed E-state index contributed by atoms with van der Waals surface area (Å²) >= 11 is 0. The Labute approximate surface area is 188 Å². The smallest absolute Gasteiger partial charge is 0.269 e. The van der Waals surface area contributed by atoms with E-state index >= 15 is 0 Å². The van der Waals surface area contributed by atoms with Crippen LogP contribution in [-0.2, 0) is 16.1 Å². The third-order valence-electron chi connectivity index (χ3n) is 4.45. The van der Waals surface area contributed by atoms with Gasteiger partial charge in [0.25, 0.3) is 5.69 Å². The van der Waals surface area contributed by atoms with Gasteiger partial charge >= 0.3 is 0 Å². The lowest BCUT2D eigenvalue weighted by Crippen LogP contribution is -2.39. The molecule has 1 saturated heterocycles. The number of likely N-dealkylation sites (tertiary alicyclic amines) is 1. The molecule has 1 aliphatic rings. The van der Waals surface area contributed by atoms with Crippen LogP contribution >= 0.6 is 24.0 Å². The van der Waals surface area contributed by atoms with Gasteiger partial charge in [-0.1, -0.05) is 12.1 Å². The molecule has 2 N–H and O–H groups in total. The quantitative estimate of drug-likeness (QED) is 0.116. The molecule has 1 aromatic rings. The molecule has 29 heavy (non-hydrogen) atoms. The number of nitro benzene ring substituents is 1. The number of hydrogen-bond donors (Lipinski definition) is 2. The van der Waals surface area contributed by atoms with Crippen molar-refractivity contribution in [3.8, 4) is 0 Å². The maximum Gasteiger partial charge on any atom is 0.269 e. The largest absolute Gasteiger partial charge is 0.385 e. The van der Waals surface area contributed by atoms with Crippen molar-refractivity contribution in [1.29, 1.82) is 0 Å². The van der Waals surface area contributed by atoms with Crippen LogP contribution in [0.4, 0.5) is 5.69 Å². The van der Waals surface area contributed by atoms with Gasteiger partial charge in [-0.25, -0.2) is 4.99 Å². The Morgan fingerprint density at radius 2 is 1.93 bits per heavy atom. The number of amides is 1. The number of guanidine groups is 1. The Bertz CT molecular complexity index is 669. The second-order valence-electron chi connectivity index (χ2n) is 6.63. The monoisotopic (exact) mass is 519 g/mol. The fourth-order valence-electron chi connectivity index (χ4n) is 2.91. The lowest BCUT2D eigenvalue weighted by atomic mass is 10.2. The normalized spacial score (nSPS) is 13.9. The van der Waals surface area contributed by atoms with Gasteiger partial charge < -0.3 is 20.3 Å². The predicted octanol–water partition coefficient (Wildman–Crippen LogP) is 2.30. The Balaban J connectivity index is 0.00000420. The molecular formula is C19H30IN5O4. The third kappa shape index (κ3) is 9.39. The van der Waals surface area contributed by atoms with Crippen molar-refractivity contribution >= 4 is 41.5 Å². The highest BCUT2D eigenvalue weighted by atomic mass is 127. The van der Waals surface area contributed by atoms with Gasteiger partial charge in [-0.15, -0.1) is 24.0 Å². The number of methoxy groups -OCH3 is 1. The number of nitro groups is 1. The van der Waals surface area contributed by atoms with Crippen molar-refractivity contribution in [3.05, 3.63) is 39.9 Å². The molecule has 10 heteroatoms. The molecule has 9 nitrogen and oxygen atoms in total. The lowest BCUT2D eigenvalue weighted by Gasteiger charge is -2.17. The molecule has 1 heterocycles. The van der Waals surface area contributed by atoms with Gasteiger partial charge in [0, 0.05) is 58.4 Å². The first kappa shape index (κ1) is 25.1. The summed E-state index contributed by atoms with van der Waals surface area (Å²) in [5.41, 5.74) is 0.964. The number of nitrogens with zero attached hydrogens (tertiary/aromatic N) is 3. The molecule has 0 aromatic heterocycles. The van der Waals surface area contributed by atoms with Crippen molar-refractivity contribution in [1.82, 2.24) is 15.5 Å². The molecule has 0 radical (unpaired) electrons. The van der Waals surface area contributed by atoms with Crippen LogP contribution in [0.25, 0.3) is 0 Å². The van der Waals surface area contributed by atoms with Crippen LogP contribution in [0, 0.1) is 10.1 Å². The van der Waals surface area contributed by atoms with E-state index in [0.717, 1.165) is 44.5 Å². The second kappa shape index (κ2) is 14.1. The van der Waals surface area contributed by atoms with E-state index in [4.69, 9.17) is 4.74 Å². The minimum absolute atomic E-state index is 0. The number of carbonyl (C=O) groups is 1. The second-order valence-corrected chi connectivity index (χ2v) is 6.63. The SMILES string of the molecule is COCCCNC(=NCc1ccc([N+](=O)[O-])cc1)NCCCN1CCCC1=O.I. The minimum Gasteiger partial charge on any atom is -0.385 e. The number of carbonyl (C=O) groups excluding carboxylic acids is 1. The summed E-state index contributed by atoms with van der Waals surface area (Å²) in [6.07, 6.45) is 3.32. The van der Waals surface area contributed by atoms with Crippen LogP contribution in [-0.4, -0.2) is 61.6 Å². The van der Waals surface area contributed by atoms with Gasteiger partial charge in [0.2, 0.25) is 5.91 Å². The summed E-state index contributed by atoms with van der Waals surface area (Å²) < 4.78 is 5.06. The maximum absolute atomic E-state index is 11.6. The summed E-state index contributed by atoms with van der Waals surface area (Å²) in [5.74, 6) is 0.923. The summed E-state index contributed by atoms with van der Waals surface area (Å²) in [6, 6.07) is 6.39. The van der Waals surface area contributed by atoms with Gasteiger partial charge in [0.05, 0.1) is 11.5 Å². The molecule has 0 spiro atoms. The first-order valence-electron chi connectivity index (χ1n) is 9.62. The first-order chi connectivity index (χ1) is 13.6. The summed E-state index contributed by atoms with van der Waals surface area (Å²) in [4.78, 5) is 28.4. The molecule has 0 unspecified atom stereocenters. The summed E-state index contributed by atoms with van der Waals surface area (Å²) in [6.45, 7) is 4.13. The van der Waals surface area contributed by atoms with E-state index in [1.54, 1.807) is 19.2 Å². The number of benzene rings is 1. The van der Waals surface area contributed by atoms with Crippen LogP contribution in [0.3, 0.4) is 0 Å². The number of nitrogens with one attached hydrogen (secondary N) is 2. The van der Waals surface area contributed by atoms with Crippen LogP contribution in [0.15, 0.2) is 29.3 Å². The standard InChI is InChI=1S/C19H29N5O4.HI/c1-28-14-4-11-21-19(20-10-3-13-23-12-2-5-18(23)25)22-15-16-6-8-17(9-7-16)24(26)27;/h6-9H,2-5,10-15H2,1H3,(H2,20,21,22);1H. The number of hydrogen-bond acceptors (Lipinski definition) is 5. The van der Waals surface area contributed by atoms with Crippen LogP contribution < -0.4 is 10.6 Å². The Hall–Kier alpha value is -1.95. The predicted molar refractivity (Wildman–Crippen MR) is 123 cm³/mol. The molecule has 2 rings (SSSR count). The molecule has 1 aliphatic heterocycles.